The van der Waals surface area contributed by atoms with Crippen LogP contribution < -0.4 is 0 Å². The Balaban J connectivity index is 1.66. The Labute approximate surface area is 166 Å². The van der Waals surface area contributed by atoms with Crippen molar-refractivity contribution in [3.05, 3.63) is 0 Å². The fourth-order valence-corrected chi connectivity index (χ4v) is 6.06. The summed E-state index contributed by atoms with van der Waals surface area (Å²) in [4.78, 5) is 0. The van der Waals surface area contributed by atoms with E-state index >= 15 is 0 Å². The maximum Gasteiger partial charge on any atom is -0.0329 e. The van der Waals surface area contributed by atoms with E-state index < -0.39 is 0 Å². The molecule has 0 aromatic carbocycles. The Bertz CT molecular complexity index is 333. The predicted octanol–water partition coefficient (Wildman–Crippen LogP) is 9.18. The van der Waals surface area contributed by atoms with Crippen molar-refractivity contribution >= 4 is 0 Å². The molecule has 26 heavy (non-hydrogen) atoms. The molecule has 0 bridgehead atoms. The lowest BCUT2D eigenvalue weighted by atomic mass is 9.89. The highest BCUT2D eigenvalue weighted by Crippen LogP contribution is 2.54. The highest BCUT2D eigenvalue weighted by Gasteiger charge is 2.47. The van der Waals surface area contributed by atoms with E-state index in [4.69, 9.17) is 0 Å². The van der Waals surface area contributed by atoms with E-state index in [9.17, 15) is 0 Å². The maximum absolute atomic E-state index is 2.56. The van der Waals surface area contributed by atoms with Gasteiger partial charge in [-0.1, -0.05) is 130 Å². The summed E-state index contributed by atoms with van der Waals surface area (Å²) in [7, 11) is 0. The molecule has 2 aliphatic carbocycles. The normalized spacial score (nSPS) is 34.5. The summed E-state index contributed by atoms with van der Waals surface area (Å²) in [5, 5.41) is 0. The van der Waals surface area contributed by atoms with Gasteiger partial charge in [0, 0.05) is 0 Å². The van der Waals surface area contributed by atoms with Crippen LogP contribution in [0, 0.1) is 29.6 Å². The van der Waals surface area contributed by atoms with Gasteiger partial charge >= 0.3 is 0 Å². The minimum absolute atomic E-state index is 0.999. The predicted molar refractivity (Wildman–Crippen MR) is 118 cm³/mol. The van der Waals surface area contributed by atoms with E-state index in [1.165, 1.54) is 116 Å². The first-order chi connectivity index (χ1) is 12.7. The van der Waals surface area contributed by atoms with Gasteiger partial charge in [0.2, 0.25) is 0 Å². The molecule has 5 atom stereocenters. The molecule has 0 amide bonds. The first-order valence-corrected chi connectivity index (χ1v) is 12.7. The molecule has 0 aromatic rings. The molecule has 5 unspecified atom stereocenters. The standard InChI is InChI=1S/C26H50/c1-4-5-6-7-8-13-18-24-19-14-9-10-16-21-25-23(3)26(25)22(2)17-12-11-15-20-24/h22-26H,4-21H2,1-3H3. The Morgan fingerprint density at radius 2 is 1.19 bits per heavy atom. The van der Waals surface area contributed by atoms with Gasteiger partial charge in [0.1, 0.15) is 0 Å². The third-order valence-electron chi connectivity index (χ3n) is 7.93. The highest BCUT2D eigenvalue weighted by atomic mass is 14.5. The molecule has 154 valence electrons. The Kier molecular flexibility index (Phi) is 11.3. The van der Waals surface area contributed by atoms with E-state index in [1.807, 2.05) is 0 Å². The summed E-state index contributed by atoms with van der Waals surface area (Å²) in [5.41, 5.74) is 0. The fraction of sp³-hybridized carbons (Fsp3) is 1.00. The van der Waals surface area contributed by atoms with Crippen LogP contribution in [0.5, 0.6) is 0 Å². The number of hydrogen-bond acceptors (Lipinski definition) is 0. The zero-order valence-electron chi connectivity index (χ0n) is 18.6. The SMILES string of the molecule is CCCCCCCCC1CCCCCCC2C(C)C2C(C)CCCCC1. The summed E-state index contributed by atoms with van der Waals surface area (Å²) in [6, 6.07) is 0. The lowest BCUT2D eigenvalue weighted by molar-refractivity contribution is 0.360. The largest absolute Gasteiger partial charge is 0.0654 e. The quantitative estimate of drug-likeness (QED) is 0.396. The Morgan fingerprint density at radius 1 is 0.615 bits per heavy atom. The van der Waals surface area contributed by atoms with Crippen LogP contribution >= 0.6 is 0 Å². The molecular weight excluding hydrogens is 312 g/mol. The van der Waals surface area contributed by atoms with Crippen LogP contribution in [0.2, 0.25) is 0 Å². The second-order valence-corrected chi connectivity index (χ2v) is 10.1. The first kappa shape index (κ1) is 22.3. The molecule has 2 aliphatic rings. The summed E-state index contributed by atoms with van der Waals surface area (Å²) in [6.45, 7) is 7.41. The smallest absolute Gasteiger partial charge is 0.0329 e. The molecule has 2 saturated carbocycles. The van der Waals surface area contributed by atoms with Crippen LogP contribution in [-0.2, 0) is 0 Å². The van der Waals surface area contributed by atoms with E-state index in [2.05, 4.69) is 20.8 Å². The van der Waals surface area contributed by atoms with Gasteiger partial charge in [-0.05, 0) is 36.0 Å². The van der Waals surface area contributed by atoms with Gasteiger partial charge in [-0.15, -0.1) is 0 Å². The lowest BCUT2D eigenvalue weighted by Crippen LogP contribution is -2.02. The molecule has 0 heterocycles. The van der Waals surface area contributed by atoms with Crippen LogP contribution in [0.25, 0.3) is 0 Å². The summed E-state index contributed by atoms with van der Waals surface area (Å²) < 4.78 is 0. The maximum atomic E-state index is 2.56. The Morgan fingerprint density at radius 3 is 1.92 bits per heavy atom. The van der Waals surface area contributed by atoms with Crippen LogP contribution in [0.3, 0.4) is 0 Å². The molecule has 0 heteroatoms. The van der Waals surface area contributed by atoms with Crippen molar-refractivity contribution in [2.75, 3.05) is 0 Å². The number of hydrogen-bond donors (Lipinski definition) is 0. The van der Waals surface area contributed by atoms with Crippen LogP contribution in [-0.4, -0.2) is 0 Å². The van der Waals surface area contributed by atoms with Crippen molar-refractivity contribution in [3.63, 3.8) is 0 Å². The van der Waals surface area contributed by atoms with Gasteiger partial charge in [-0.25, -0.2) is 0 Å². The molecule has 2 rings (SSSR count). The van der Waals surface area contributed by atoms with Crippen molar-refractivity contribution in [1.29, 1.82) is 0 Å². The van der Waals surface area contributed by atoms with Gasteiger partial charge < -0.3 is 0 Å². The fourth-order valence-electron chi connectivity index (χ4n) is 6.06. The van der Waals surface area contributed by atoms with E-state index in [1.54, 1.807) is 0 Å². The number of fused-ring (bicyclic) bond motifs is 1. The van der Waals surface area contributed by atoms with E-state index in [0.29, 0.717) is 0 Å². The molecule has 0 nitrogen and oxygen atoms in total. The molecule has 0 aliphatic heterocycles. The van der Waals surface area contributed by atoms with E-state index in [-0.39, 0.29) is 0 Å². The minimum Gasteiger partial charge on any atom is -0.0654 e. The molecular formula is C26H50. The zero-order chi connectivity index (χ0) is 18.6. The summed E-state index contributed by atoms with van der Waals surface area (Å²) in [6.07, 6.45) is 27.0. The average molecular weight is 363 g/mol. The first-order valence-electron chi connectivity index (χ1n) is 12.7. The monoisotopic (exact) mass is 362 g/mol. The van der Waals surface area contributed by atoms with Crippen molar-refractivity contribution in [2.24, 2.45) is 29.6 Å². The van der Waals surface area contributed by atoms with Crippen molar-refractivity contribution < 1.29 is 0 Å². The number of unbranched alkanes of at least 4 members (excludes halogenated alkanes) is 5. The molecule has 0 saturated heterocycles. The molecule has 2 fully saturated rings. The van der Waals surface area contributed by atoms with Crippen molar-refractivity contribution in [1.82, 2.24) is 0 Å². The van der Waals surface area contributed by atoms with Gasteiger partial charge in [0.25, 0.3) is 0 Å². The van der Waals surface area contributed by atoms with Crippen LogP contribution in [0.1, 0.15) is 136 Å². The highest BCUT2D eigenvalue weighted by molar-refractivity contribution is 4.96. The van der Waals surface area contributed by atoms with Crippen molar-refractivity contribution in [2.45, 2.75) is 136 Å². The van der Waals surface area contributed by atoms with Gasteiger partial charge in [-0.3, -0.25) is 0 Å². The molecule has 0 aromatic heterocycles. The second-order valence-electron chi connectivity index (χ2n) is 10.1. The van der Waals surface area contributed by atoms with Crippen molar-refractivity contribution in [3.8, 4) is 0 Å². The Hall–Kier alpha value is 0. The van der Waals surface area contributed by atoms with Crippen LogP contribution in [0.15, 0.2) is 0 Å². The molecule has 0 spiro atoms. The number of rotatable bonds is 7. The summed E-state index contributed by atoms with van der Waals surface area (Å²) >= 11 is 0. The topological polar surface area (TPSA) is 0 Å². The average Bonchev–Trinajstić information content (AvgIpc) is 3.28. The zero-order valence-corrected chi connectivity index (χ0v) is 18.6. The lowest BCUT2D eigenvalue weighted by Gasteiger charge is -2.17. The second kappa shape index (κ2) is 13.2. The van der Waals surface area contributed by atoms with Gasteiger partial charge in [-0.2, -0.15) is 0 Å². The van der Waals surface area contributed by atoms with Gasteiger partial charge in [0.15, 0.2) is 0 Å². The third kappa shape index (κ3) is 8.35. The molecule has 0 N–H and O–H groups in total. The summed E-state index contributed by atoms with van der Waals surface area (Å²) in [5.74, 6) is 5.27. The van der Waals surface area contributed by atoms with Gasteiger partial charge in [0.05, 0.1) is 0 Å². The minimum atomic E-state index is 0.999. The third-order valence-corrected chi connectivity index (χ3v) is 7.93. The van der Waals surface area contributed by atoms with E-state index in [0.717, 1.165) is 29.6 Å². The van der Waals surface area contributed by atoms with Crippen LogP contribution in [0.4, 0.5) is 0 Å². The molecule has 0 radical (unpaired) electrons.